The molecule has 2 heterocycles. The van der Waals surface area contributed by atoms with Crippen LogP contribution in [0.2, 0.25) is 20.1 Å². The molecule has 0 aliphatic carbocycles. The summed E-state index contributed by atoms with van der Waals surface area (Å²) in [6, 6.07) is 18.7. The van der Waals surface area contributed by atoms with Gasteiger partial charge in [-0.3, -0.25) is 9.59 Å². The molecular formula is C36H22Cl4F2N2O4S4. The third kappa shape index (κ3) is 9.18. The third-order valence-electron chi connectivity index (χ3n) is 7.20. The molecule has 2 aromatic heterocycles. The maximum Gasteiger partial charge on any atom is 0.283 e. The molecule has 0 atom stereocenters. The van der Waals surface area contributed by atoms with E-state index >= 15 is 0 Å². The first kappa shape index (κ1) is 39.7. The van der Waals surface area contributed by atoms with Crippen LogP contribution < -0.4 is 15.0 Å². The Hall–Kier alpha value is -3.46. The Labute approximate surface area is 333 Å². The number of aromatic hydroxyl groups is 1. The summed E-state index contributed by atoms with van der Waals surface area (Å²) in [6.45, 7) is 3.33. The Balaban J connectivity index is 0.000000203. The van der Waals surface area contributed by atoms with Crippen molar-refractivity contribution in [3.8, 4) is 54.3 Å². The standard InChI is InChI=1S/C19H12Cl2FNO2S3.C17H10Cl2FNO2S/c1-9-7-14(22)12(8-13(9)21)15-16(24)23-17(10-3-5-11(20)6-4-10)28-18(15)25-19(26)27-2;1-8-6-13(20)11(7-12(8)19)14-15(22)21-16(24-17(14)23)9-2-4-10(18)5-3-9/h3-8H,1-2H3;2-7,22H,1H3. The van der Waals surface area contributed by atoms with Gasteiger partial charge in [0.25, 0.3) is 5.56 Å². The summed E-state index contributed by atoms with van der Waals surface area (Å²) < 4.78 is 34.2. The lowest BCUT2D eigenvalue weighted by Gasteiger charge is -2.12. The van der Waals surface area contributed by atoms with E-state index in [1.165, 1.54) is 36.0 Å². The molecule has 0 unspecified atom stereocenters. The van der Waals surface area contributed by atoms with E-state index in [0.717, 1.165) is 22.7 Å². The van der Waals surface area contributed by atoms with Crippen LogP contribution in [0.3, 0.4) is 0 Å². The molecule has 0 aliphatic heterocycles. The minimum atomic E-state index is -0.641. The Morgan fingerprint density at radius 1 is 0.750 bits per heavy atom. The largest absolute Gasteiger partial charge is 0.493 e. The Bertz CT molecular complexity index is 2450. The Kier molecular flexibility index (Phi) is 13.1. The third-order valence-corrected chi connectivity index (χ3v) is 11.4. The van der Waals surface area contributed by atoms with Gasteiger partial charge in [0, 0.05) is 42.3 Å². The highest BCUT2D eigenvalue weighted by molar-refractivity contribution is 8.22. The molecule has 4 aromatic carbocycles. The zero-order valence-corrected chi connectivity index (χ0v) is 33.2. The molecule has 266 valence electrons. The summed E-state index contributed by atoms with van der Waals surface area (Å²) in [4.78, 5) is 33.4. The molecule has 0 radical (unpaired) electrons. The molecule has 0 saturated carbocycles. The molecule has 0 saturated heterocycles. The van der Waals surface area contributed by atoms with Crippen molar-refractivity contribution in [2.75, 3.05) is 6.26 Å². The van der Waals surface area contributed by atoms with E-state index in [4.69, 9.17) is 63.4 Å². The van der Waals surface area contributed by atoms with Gasteiger partial charge in [-0.25, -0.2) is 13.8 Å². The van der Waals surface area contributed by atoms with Crippen molar-refractivity contribution in [1.29, 1.82) is 0 Å². The van der Waals surface area contributed by atoms with Crippen LogP contribution in [0.4, 0.5) is 8.78 Å². The average molecular weight is 855 g/mol. The molecule has 1 N–H and O–H groups in total. The van der Waals surface area contributed by atoms with Crippen molar-refractivity contribution in [2.45, 2.75) is 13.8 Å². The minimum absolute atomic E-state index is 0.0153. The van der Waals surface area contributed by atoms with Crippen LogP contribution in [0.5, 0.6) is 10.9 Å². The molecule has 16 heteroatoms. The van der Waals surface area contributed by atoms with Crippen LogP contribution in [-0.4, -0.2) is 25.7 Å². The van der Waals surface area contributed by atoms with E-state index in [2.05, 4.69) is 9.97 Å². The van der Waals surface area contributed by atoms with Crippen molar-refractivity contribution >= 4 is 97.4 Å². The van der Waals surface area contributed by atoms with Gasteiger partial charge < -0.3 is 9.84 Å². The second-order valence-corrected chi connectivity index (χ2v) is 15.7. The molecule has 6 rings (SSSR count). The summed E-state index contributed by atoms with van der Waals surface area (Å²) in [5, 5.41) is 12.8. The SMILES string of the molecule is CSC(=S)Oc1sc(-c2ccc(Cl)cc2)nc(=O)c1-c1cc(Cl)c(C)cc1F.Cc1cc(F)c(-c2c(O)nc(-c3ccc(Cl)cc3)sc2=O)cc1Cl. The van der Waals surface area contributed by atoms with Crippen molar-refractivity contribution < 1.29 is 18.6 Å². The van der Waals surface area contributed by atoms with Crippen LogP contribution in [0, 0.1) is 25.5 Å². The van der Waals surface area contributed by atoms with E-state index in [1.54, 1.807) is 68.6 Å². The Morgan fingerprint density at radius 2 is 1.21 bits per heavy atom. The average Bonchev–Trinajstić information content (AvgIpc) is 3.09. The number of halogens is 6. The highest BCUT2D eigenvalue weighted by atomic mass is 35.5. The predicted octanol–water partition coefficient (Wildman–Crippen LogP) is 11.9. The number of thioether (sulfide) groups is 1. The van der Waals surface area contributed by atoms with Crippen LogP contribution in [0.15, 0.2) is 82.4 Å². The number of hydrogen-bond acceptors (Lipinski definition) is 10. The zero-order chi connectivity index (χ0) is 37.9. The number of nitrogens with zero attached hydrogens (tertiary/aromatic N) is 2. The molecule has 6 aromatic rings. The summed E-state index contributed by atoms with van der Waals surface area (Å²) >= 11 is 32.1. The second-order valence-electron chi connectivity index (χ2n) is 10.7. The first-order chi connectivity index (χ1) is 24.7. The molecule has 0 spiro atoms. The fraction of sp³-hybridized carbons (Fsp3) is 0.0833. The van der Waals surface area contributed by atoms with Crippen molar-refractivity contribution in [3.63, 3.8) is 0 Å². The van der Waals surface area contributed by atoms with Gasteiger partial charge in [0.1, 0.15) is 32.8 Å². The number of aryl methyl sites for hydroxylation is 2. The number of ether oxygens (including phenoxy) is 1. The molecule has 6 nitrogen and oxygen atoms in total. The number of thiocarbonyl (C=S) groups is 1. The number of hydrogen-bond donors (Lipinski definition) is 1. The van der Waals surface area contributed by atoms with Gasteiger partial charge in [-0.05, 0) is 92.0 Å². The molecule has 52 heavy (non-hydrogen) atoms. The summed E-state index contributed by atoms with van der Waals surface area (Å²) in [5.74, 6) is -1.77. The number of benzene rings is 4. The van der Waals surface area contributed by atoms with Gasteiger partial charge in [0.15, 0.2) is 5.06 Å². The zero-order valence-electron chi connectivity index (χ0n) is 26.9. The summed E-state index contributed by atoms with van der Waals surface area (Å²) in [6.07, 6.45) is 1.75. The van der Waals surface area contributed by atoms with Gasteiger partial charge in [-0.15, -0.1) is 0 Å². The Morgan fingerprint density at radius 3 is 1.67 bits per heavy atom. The summed E-state index contributed by atoms with van der Waals surface area (Å²) in [7, 11) is 0. The fourth-order valence-corrected chi connectivity index (χ4v) is 7.34. The van der Waals surface area contributed by atoms with Crippen LogP contribution >= 0.6 is 93.1 Å². The molecule has 0 bridgehead atoms. The number of rotatable bonds is 5. The first-order valence-corrected chi connectivity index (χ1v) is 19.4. The quantitative estimate of drug-likeness (QED) is 0.172. The van der Waals surface area contributed by atoms with E-state index in [1.807, 2.05) is 0 Å². The normalized spacial score (nSPS) is 10.8. The lowest BCUT2D eigenvalue weighted by molar-refractivity contribution is 0.456. The van der Waals surface area contributed by atoms with Gasteiger partial charge >= 0.3 is 0 Å². The van der Waals surface area contributed by atoms with Crippen molar-refractivity contribution in [3.05, 3.63) is 136 Å². The topological polar surface area (TPSA) is 89.4 Å². The minimum Gasteiger partial charge on any atom is -0.493 e. The molecule has 0 aliphatic rings. The van der Waals surface area contributed by atoms with Crippen molar-refractivity contribution in [2.24, 2.45) is 0 Å². The van der Waals surface area contributed by atoms with Gasteiger partial charge in [0.2, 0.25) is 15.0 Å². The fourth-order valence-electron chi connectivity index (χ4n) is 4.55. The van der Waals surface area contributed by atoms with E-state index in [9.17, 15) is 23.5 Å². The smallest absolute Gasteiger partial charge is 0.283 e. The van der Waals surface area contributed by atoms with Crippen molar-refractivity contribution in [1.82, 2.24) is 9.97 Å². The van der Waals surface area contributed by atoms with Gasteiger partial charge in [-0.2, -0.15) is 4.98 Å². The lowest BCUT2D eigenvalue weighted by Crippen LogP contribution is -2.13. The van der Waals surface area contributed by atoms with E-state index < -0.39 is 27.8 Å². The molecular weight excluding hydrogens is 832 g/mol. The van der Waals surface area contributed by atoms with Crippen LogP contribution in [-0.2, 0) is 0 Å². The maximum absolute atomic E-state index is 14.6. The highest BCUT2D eigenvalue weighted by Crippen LogP contribution is 2.39. The van der Waals surface area contributed by atoms with E-state index in [-0.39, 0.29) is 31.7 Å². The van der Waals surface area contributed by atoms with Gasteiger partial charge in [0.05, 0.1) is 0 Å². The van der Waals surface area contributed by atoms with E-state index in [0.29, 0.717) is 52.4 Å². The van der Waals surface area contributed by atoms with Gasteiger partial charge in [-0.1, -0.05) is 105 Å². The van der Waals surface area contributed by atoms with Crippen LogP contribution in [0.1, 0.15) is 11.1 Å². The lowest BCUT2D eigenvalue weighted by atomic mass is 10.1. The predicted molar refractivity (Wildman–Crippen MR) is 216 cm³/mol. The first-order valence-electron chi connectivity index (χ1n) is 14.7. The molecule has 0 amide bonds. The highest BCUT2D eigenvalue weighted by Gasteiger charge is 2.22. The van der Waals surface area contributed by atoms with Crippen LogP contribution in [0.25, 0.3) is 43.4 Å². The monoisotopic (exact) mass is 852 g/mol. The molecule has 0 fully saturated rings. The summed E-state index contributed by atoms with van der Waals surface area (Å²) in [5.41, 5.74) is 1.51. The number of aromatic nitrogens is 2. The second kappa shape index (κ2) is 17.1. The maximum atomic E-state index is 14.6.